The van der Waals surface area contributed by atoms with E-state index >= 15 is 0 Å². The van der Waals surface area contributed by atoms with Crippen molar-refractivity contribution in [2.24, 2.45) is 0 Å². The van der Waals surface area contributed by atoms with Crippen molar-refractivity contribution in [3.8, 4) is 6.07 Å². The number of anilines is 2. The Morgan fingerprint density at radius 1 is 1.23 bits per heavy atom. The molecule has 2 heterocycles. The molecule has 0 saturated heterocycles. The van der Waals surface area contributed by atoms with Gasteiger partial charge in [0.05, 0.1) is 23.5 Å². The molecule has 0 spiro atoms. The molecule has 4 rings (SSSR count). The first kappa shape index (κ1) is 16.6. The van der Waals surface area contributed by atoms with Gasteiger partial charge in [0.1, 0.15) is 0 Å². The molecule has 1 aromatic carbocycles. The van der Waals surface area contributed by atoms with Crippen molar-refractivity contribution in [2.75, 3.05) is 5.32 Å². The van der Waals surface area contributed by atoms with Crippen LogP contribution in [0.5, 0.6) is 0 Å². The third-order valence-electron chi connectivity index (χ3n) is 3.99. The Kier molecular flexibility index (Phi) is 3.73. The van der Waals surface area contributed by atoms with E-state index in [2.05, 4.69) is 20.3 Å². The lowest BCUT2D eigenvalue weighted by Gasteiger charge is -2.12. The van der Waals surface area contributed by atoms with Gasteiger partial charge in [0.15, 0.2) is 17.0 Å². The van der Waals surface area contributed by atoms with Crippen LogP contribution in [-0.4, -0.2) is 19.5 Å². The van der Waals surface area contributed by atoms with Gasteiger partial charge in [-0.2, -0.15) is 28.4 Å². The van der Waals surface area contributed by atoms with Crippen LogP contribution in [0.4, 0.5) is 24.7 Å². The summed E-state index contributed by atoms with van der Waals surface area (Å²) >= 11 is 5.97. The van der Waals surface area contributed by atoms with Gasteiger partial charge in [-0.25, -0.2) is 4.98 Å². The maximum absolute atomic E-state index is 13.0. The summed E-state index contributed by atoms with van der Waals surface area (Å²) in [6, 6.07) is 5.02. The van der Waals surface area contributed by atoms with Crippen LogP contribution in [0.1, 0.15) is 30.0 Å². The molecule has 6 nitrogen and oxygen atoms in total. The highest BCUT2D eigenvalue weighted by molar-refractivity contribution is 6.28. The molecule has 26 heavy (non-hydrogen) atoms. The van der Waals surface area contributed by atoms with Crippen LogP contribution in [0.3, 0.4) is 0 Å². The number of benzene rings is 1. The first-order valence-electron chi connectivity index (χ1n) is 7.64. The fourth-order valence-electron chi connectivity index (χ4n) is 2.66. The van der Waals surface area contributed by atoms with Gasteiger partial charge in [0.25, 0.3) is 0 Å². The number of fused-ring (bicyclic) bond motifs is 1. The average Bonchev–Trinajstić information content (AvgIpc) is 3.33. The zero-order valence-corrected chi connectivity index (χ0v) is 13.8. The summed E-state index contributed by atoms with van der Waals surface area (Å²) in [4.78, 5) is 12.5. The fraction of sp³-hybridized carbons (Fsp3) is 0.250. The number of halogens is 4. The van der Waals surface area contributed by atoms with E-state index in [9.17, 15) is 13.2 Å². The van der Waals surface area contributed by atoms with Gasteiger partial charge in [-0.3, -0.25) is 0 Å². The molecule has 1 aliphatic rings. The van der Waals surface area contributed by atoms with Crippen LogP contribution in [0.25, 0.3) is 11.2 Å². The van der Waals surface area contributed by atoms with Crippen LogP contribution < -0.4 is 5.32 Å². The van der Waals surface area contributed by atoms with Crippen molar-refractivity contribution in [1.29, 1.82) is 5.26 Å². The highest BCUT2D eigenvalue weighted by Gasteiger charge is 2.31. The molecule has 3 aromatic rings. The molecule has 0 unspecified atom stereocenters. The second-order valence-electron chi connectivity index (χ2n) is 5.93. The van der Waals surface area contributed by atoms with Crippen molar-refractivity contribution in [3.05, 3.63) is 40.9 Å². The van der Waals surface area contributed by atoms with Gasteiger partial charge in [0, 0.05) is 11.7 Å². The van der Waals surface area contributed by atoms with E-state index in [1.54, 1.807) is 12.4 Å². The van der Waals surface area contributed by atoms with Crippen molar-refractivity contribution in [2.45, 2.75) is 25.1 Å². The Bertz CT molecular complexity index is 1050. The second kappa shape index (κ2) is 5.85. The summed E-state index contributed by atoms with van der Waals surface area (Å²) in [7, 11) is 0. The molecule has 0 atom stereocenters. The summed E-state index contributed by atoms with van der Waals surface area (Å²) in [6.07, 6.45) is -0.940. The molecule has 0 bridgehead atoms. The van der Waals surface area contributed by atoms with E-state index in [4.69, 9.17) is 16.9 Å². The molecule has 0 radical (unpaired) electrons. The van der Waals surface area contributed by atoms with E-state index < -0.39 is 11.7 Å². The van der Waals surface area contributed by atoms with Crippen LogP contribution in [0.2, 0.25) is 5.28 Å². The molecule has 1 N–H and O–H groups in total. The Hall–Kier alpha value is -2.86. The second-order valence-corrected chi connectivity index (χ2v) is 6.27. The van der Waals surface area contributed by atoms with Crippen molar-refractivity contribution in [3.63, 3.8) is 0 Å². The van der Waals surface area contributed by atoms with Gasteiger partial charge in [-0.05, 0) is 42.6 Å². The average molecular weight is 379 g/mol. The zero-order valence-electron chi connectivity index (χ0n) is 13.0. The number of aromatic nitrogens is 4. The number of nitrogens with one attached hydrogen (secondary N) is 1. The molecular formula is C16H10ClF3N6. The first-order valence-corrected chi connectivity index (χ1v) is 8.02. The molecule has 10 heteroatoms. The Morgan fingerprint density at radius 2 is 2.00 bits per heavy atom. The Balaban J connectivity index is 1.79. The summed E-state index contributed by atoms with van der Waals surface area (Å²) < 4.78 is 41.0. The number of alkyl halides is 3. The standard InChI is InChI=1S/C16H10ClF3N6/c17-15-24-13(12-14(25-15)26(7-22-12)11-1-2-11)23-10-4-8(6-21)3-9(5-10)16(18,19)20/h3-5,7,11H,1-2H2,(H,23,24,25). The quantitative estimate of drug-likeness (QED) is 0.681. The number of rotatable bonds is 3. The minimum atomic E-state index is -4.57. The van der Waals surface area contributed by atoms with Crippen LogP contribution in [-0.2, 0) is 6.18 Å². The lowest BCUT2D eigenvalue weighted by Crippen LogP contribution is -2.07. The van der Waals surface area contributed by atoms with Crippen LogP contribution in [0, 0.1) is 11.3 Å². The number of imidazole rings is 1. The van der Waals surface area contributed by atoms with Crippen LogP contribution in [0.15, 0.2) is 24.5 Å². The molecular weight excluding hydrogens is 369 g/mol. The summed E-state index contributed by atoms with van der Waals surface area (Å²) in [5.41, 5.74) is -0.0747. The molecule has 1 saturated carbocycles. The zero-order chi connectivity index (χ0) is 18.5. The number of nitriles is 1. The minimum Gasteiger partial charge on any atom is -0.338 e. The van der Waals surface area contributed by atoms with Crippen molar-refractivity contribution < 1.29 is 13.2 Å². The fourth-order valence-corrected chi connectivity index (χ4v) is 2.83. The van der Waals surface area contributed by atoms with Crippen molar-refractivity contribution in [1.82, 2.24) is 19.5 Å². The Labute approximate surface area is 150 Å². The summed E-state index contributed by atoms with van der Waals surface area (Å²) in [5.74, 6) is 0.183. The summed E-state index contributed by atoms with van der Waals surface area (Å²) in [5, 5.41) is 11.7. The largest absolute Gasteiger partial charge is 0.416 e. The predicted octanol–water partition coefficient (Wildman–Crippen LogP) is 4.45. The lowest BCUT2D eigenvalue weighted by atomic mass is 10.1. The minimum absolute atomic E-state index is 0.0464. The summed E-state index contributed by atoms with van der Waals surface area (Å²) in [6.45, 7) is 0. The van der Waals surface area contributed by atoms with E-state index in [0.29, 0.717) is 17.2 Å². The molecule has 1 aliphatic carbocycles. The van der Waals surface area contributed by atoms with E-state index in [0.717, 1.165) is 25.0 Å². The topological polar surface area (TPSA) is 79.4 Å². The van der Waals surface area contributed by atoms with E-state index in [-0.39, 0.29) is 22.4 Å². The number of nitrogens with zero attached hydrogens (tertiary/aromatic N) is 5. The molecule has 0 aliphatic heterocycles. The van der Waals surface area contributed by atoms with Crippen molar-refractivity contribution >= 4 is 34.3 Å². The normalized spacial score (nSPS) is 14.4. The highest BCUT2D eigenvalue weighted by atomic mass is 35.5. The van der Waals surface area contributed by atoms with Gasteiger partial charge in [-0.1, -0.05) is 0 Å². The third kappa shape index (κ3) is 3.04. The lowest BCUT2D eigenvalue weighted by molar-refractivity contribution is -0.137. The van der Waals surface area contributed by atoms with E-state index in [1.807, 2.05) is 4.57 Å². The maximum Gasteiger partial charge on any atom is 0.416 e. The van der Waals surface area contributed by atoms with Gasteiger partial charge in [-0.15, -0.1) is 0 Å². The molecule has 132 valence electrons. The van der Waals surface area contributed by atoms with Gasteiger partial charge < -0.3 is 9.88 Å². The van der Waals surface area contributed by atoms with Crippen LogP contribution >= 0.6 is 11.6 Å². The number of hydrogen-bond acceptors (Lipinski definition) is 5. The monoisotopic (exact) mass is 378 g/mol. The Morgan fingerprint density at radius 3 is 2.65 bits per heavy atom. The SMILES string of the molecule is N#Cc1cc(Nc2nc(Cl)nc3c2ncn3C2CC2)cc(C(F)(F)F)c1. The molecule has 1 fully saturated rings. The van der Waals surface area contributed by atoms with Gasteiger partial charge >= 0.3 is 6.18 Å². The predicted molar refractivity (Wildman–Crippen MR) is 88.0 cm³/mol. The molecule has 0 amide bonds. The van der Waals surface area contributed by atoms with Gasteiger partial charge in [0.2, 0.25) is 5.28 Å². The number of hydrogen-bond donors (Lipinski definition) is 1. The smallest absolute Gasteiger partial charge is 0.338 e. The van der Waals surface area contributed by atoms with E-state index in [1.165, 1.54) is 6.07 Å². The highest BCUT2D eigenvalue weighted by Crippen LogP contribution is 2.38. The third-order valence-corrected chi connectivity index (χ3v) is 4.16. The maximum atomic E-state index is 13.0. The molecule has 2 aromatic heterocycles. The first-order chi connectivity index (χ1) is 12.3.